The number of aryl methyl sites for hydroxylation is 1. The third-order valence-electron chi connectivity index (χ3n) is 2.68. The van der Waals surface area contributed by atoms with E-state index in [1.807, 2.05) is 19.1 Å². The number of H-pyrrole nitrogens is 1. The van der Waals surface area contributed by atoms with Crippen LogP contribution < -0.4 is 11.1 Å². The van der Waals surface area contributed by atoms with Gasteiger partial charge in [-0.3, -0.25) is 9.89 Å². The monoisotopic (exact) mass is 268 g/mol. The summed E-state index contributed by atoms with van der Waals surface area (Å²) in [5, 5.41) is 9.37. The Morgan fingerprint density at radius 3 is 3.00 bits per heavy atom. The van der Waals surface area contributed by atoms with Crippen molar-refractivity contribution in [3.8, 4) is 11.8 Å². The summed E-state index contributed by atoms with van der Waals surface area (Å²) in [7, 11) is 0. The number of carbonyl (C=O) groups is 1. The largest absolute Gasteiger partial charge is 0.348 e. The van der Waals surface area contributed by atoms with Crippen molar-refractivity contribution in [1.82, 2.24) is 15.5 Å². The van der Waals surface area contributed by atoms with Crippen molar-refractivity contribution < 1.29 is 4.79 Å². The van der Waals surface area contributed by atoms with Gasteiger partial charge in [0, 0.05) is 29.4 Å². The van der Waals surface area contributed by atoms with Crippen LogP contribution in [0.5, 0.6) is 0 Å². The summed E-state index contributed by atoms with van der Waals surface area (Å²) in [6.45, 7) is 2.67. The van der Waals surface area contributed by atoms with Crippen LogP contribution in [0.25, 0.3) is 0 Å². The molecule has 0 unspecified atom stereocenters. The van der Waals surface area contributed by atoms with Crippen molar-refractivity contribution in [3.63, 3.8) is 0 Å². The Bertz CT molecular complexity index is 650. The highest BCUT2D eigenvalue weighted by Gasteiger charge is 2.07. The second-order valence-electron chi connectivity index (χ2n) is 4.38. The third-order valence-corrected chi connectivity index (χ3v) is 2.68. The first-order valence-corrected chi connectivity index (χ1v) is 6.25. The van der Waals surface area contributed by atoms with E-state index in [2.05, 4.69) is 27.4 Å². The lowest BCUT2D eigenvalue weighted by molar-refractivity contribution is 0.0951. The van der Waals surface area contributed by atoms with Gasteiger partial charge in [-0.1, -0.05) is 11.8 Å². The second-order valence-corrected chi connectivity index (χ2v) is 4.38. The Morgan fingerprint density at radius 1 is 1.45 bits per heavy atom. The summed E-state index contributed by atoms with van der Waals surface area (Å²) < 4.78 is 0. The number of nitrogens with one attached hydrogen (secondary N) is 2. The molecular weight excluding hydrogens is 252 g/mol. The van der Waals surface area contributed by atoms with Crippen molar-refractivity contribution in [1.29, 1.82) is 0 Å². The first-order valence-electron chi connectivity index (χ1n) is 6.25. The van der Waals surface area contributed by atoms with Crippen LogP contribution >= 0.6 is 0 Å². The number of hydrogen-bond acceptors (Lipinski definition) is 3. The summed E-state index contributed by atoms with van der Waals surface area (Å²) in [6.07, 6.45) is 3.42. The lowest BCUT2D eigenvalue weighted by Crippen LogP contribution is -2.22. The predicted octanol–water partition coefficient (Wildman–Crippen LogP) is 0.958. The Morgan fingerprint density at radius 2 is 2.30 bits per heavy atom. The smallest absolute Gasteiger partial charge is 0.251 e. The molecule has 0 aliphatic carbocycles. The molecule has 0 bridgehead atoms. The maximum absolute atomic E-state index is 12.1. The lowest BCUT2D eigenvalue weighted by atomic mass is 10.1. The number of benzene rings is 1. The van der Waals surface area contributed by atoms with Crippen LogP contribution in [0.3, 0.4) is 0 Å². The molecule has 5 nitrogen and oxygen atoms in total. The minimum Gasteiger partial charge on any atom is -0.348 e. The van der Waals surface area contributed by atoms with E-state index >= 15 is 0 Å². The molecular formula is C15H16N4O. The van der Waals surface area contributed by atoms with E-state index in [0.717, 1.165) is 16.7 Å². The number of aromatic nitrogens is 2. The number of carbonyl (C=O) groups excluding carboxylic acids is 1. The van der Waals surface area contributed by atoms with Crippen molar-refractivity contribution in [3.05, 3.63) is 52.8 Å². The summed E-state index contributed by atoms with van der Waals surface area (Å²) in [5.74, 6) is 5.59. The first kappa shape index (κ1) is 13.8. The number of amides is 1. The van der Waals surface area contributed by atoms with E-state index in [4.69, 9.17) is 5.73 Å². The van der Waals surface area contributed by atoms with E-state index in [-0.39, 0.29) is 5.91 Å². The number of aromatic amines is 1. The lowest BCUT2D eigenvalue weighted by Gasteiger charge is -2.05. The molecule has 5 heteroatoms. The molecule has 0 saturated heterocycles. The maximum Gasteiger partial charge on any atom is 0.251 e. The molecule has 4 N–H and O–H groups in total. The van der Waals surface area contributed by atoms with Gasteiger partial charge in [-0.15, -0.1) is 0 Å². The molecule has 1 aromatic carbocycles. The van der Waals surface area contributed by atoms with Gasteiger partial charge in [0.2, 0.25) is 0 Å². The second kappa shape index (κ2) is 6.55. The Kier molecular flexibility index (Phi) is 4.53. The Labute approximate surface area is 117 Å². The van der Waals surface area contributed by atoms with Crippen molar-refractivity contribution in [2.45, 2.75) is 13.5 Å². The minimum absolute atomic E-state index is 0.134. The normalized spacial score (nSPS) is 9.70. The van der Waals surface area contributed by atoms with Gasteiger partial charge >= 0.3 is 0 Å². The minimum atomic E-state index is -0.134. The molecule has 0 aliphatic rings. The highest BCUT2D eigenvalue weighted by Crippen LogP contribution is 2.09. The fourth-order valence-electron chi connectivity index (χ4n) is 1.80. The fourth-order valence-corrected chi connectivity index (χ4v) is 1.80. The summed E-state index contributed by atoms with van der Waals surface area (Å²) in [6, 6.07) is 5.52. The zero-order chi connectivity index (χ0) is 14.4. The molecule has 1 amide bonds. The zero-order valence-corrected chi connectivity index (χ0v) is 11.2. The third kappa shape index (κ3) is 3.70. The highest BCUT2D eigenvalue weighted by molar-refractivity contribution is 5.94. The van der Waals surface area contributed by atoms with Gasteiger partial charge in [-0.25, -0.2) is 0 Å². The van der Waals surface area contributed by atoms with E-state index in [1.165, 1.54) is 0 Å². The molecule has 1 aromatic heterocycles. The van der Waals surface area contributed by atoms with Gasteiger partial charge in [0.25, 0.3) is 5.91 Å². The highest BCUT2D eigenvalue weighted by atomic mass is 16.1. The van der Waals surface area contributed by atoms with E-state index in [0.29, 0.717) is 18.7 Å². The number of hydrogen-bond donors (Lipinski definition) is 3. The molecule has 0 aliphatic heterocycles. The predicted molar refractivity (Wildman–Crippen MR) is 76.9 cm³/mol. The zero-order valence-electron chi connectivity index (χ0n) is 11.2. The number of rotatable bonds is 3. The molecule has 0 saturated carbocycles. The van der Waals surface area contributed by atoms with Gasteiger partial charge in [-0.2, -0.15) is 5.10 Å². The van der Waals surface area contributed by atoms with Gasteiger partial charge in [0.15, 0.2) is 0 Å². The molecule has 1 heterocycles. The topological polar surface area (TPSA) is 83.8 Å². The van der Waals surface area contributed by atoms with E-state index in [1.54, 1.807) is 18.5 Å². The van der Waals surface area contributed by atoms with Crippen LogP contribution in [-0.4, -0.2) is 22.6 Å². The van der Waals surface area contributed by atoms with E-state index in [9.17, 15) is 4.79 Å². The fraction of sp³-hybridized carbons (Fsp3) is 0.200. The van der Waals surface area contributed by atoms with Crippen LogP contribution in [0.15, 0.2) is 30.6 Å². The number of nitrogens with zero attached hydrogens (tertiary/aromatic N) is 1. The molecule has 102 valence electrons. The van der Waals surface area contributed by atoms with Crippen LogP contribution in [-0.2, 0) is 6.54 Å². The summed E-state index contributed by atoms with van der Waals surface area (Å²) in [4.78, 5) is 12.1. The van der Waals surface area contributed by atoms with Gasteiger partial charge in [-0.05, 0) is 30.7 Å². The van der Waals surface area contributed by atoms with Gasteiger partial charge in [0.1, 0.15) is 0 Å². The SMILES string of the molecule is Cc1cc(C#CCN)cc(C(=O)NCc2cn[nH]c2)c1. The molecule has 0 atom stereocenters. The van der Waals surface area contributed by atoms with Gasteiger partial charge in [0.05, 0.1) is 12.7 Å². The molecule has 20 heavy (non-hydrogen) atoms. The van der Waals surface area contributed by atoms with Crippen LogP contribution in [0.4, 0.5) is 0 Å². The average Bonchev–Trinajstić information content (AvgIpc) is 2.95. The van der Waals surface area contributed by atoms with Crippen molar-refractivity contribution >= 4 is 5.91 Å². The van der Waals surface area contributed by atoms with Crippen molar-refractivity contribution in [2.75, 3.05) is 6.54 Å². The Hall–Kier alpha value is -2.58. The molecule has 2 rings (SSSR count). The van der Waals surface area contributed by atoms with Crippen LogP contribution in [0.2, 0.25) is 0 Å². The van der Waals surface area contributed by atoms with Crippen LogP contribution in [0, 0.1) is 18.8 Å². The standard InChI is InChI=1S/C15H16N4O/c1-11-5-12(3-2-4-16)7-14(6-11)15(20)17-8-13-9-18-19-10-13/h5-7,9-10H,4,8,16H2,1H3,(H,17,20)(H,18,19). The Balaban J connectivity index is 2.10. The summed E-state index contributed by atoms with van der Waals surface area (Å²) in [5.41, 5.74) is 8.65. The van der Waals surface area contributed by atoms with Crippen LogP contribution in [0.1, 0.15) is 27.0 Å². The molecule has 2 aromatic rings. The molecule has 0 spiro atoms. The molecule has 0 radical (unpaired) electrons. The maximum atomic E-state index is 12.1. The van der Waals surface area contributed by atoms with E-state index < -0.39 is 0 Å². The summed E-state index contributed by atoms with van der Waals surface area (Å²) >= 11 is 0. The van der Waals surface area contributed by atoms with Gasteiger partial charge < -0.3 is 11.1 Å². The van der Waals surface area contributed by atoms with Crippen molar-refractivity contribution in [2.24, 2.45) is 5.73 Å². The quantitative estimate of drug-likeness (QED) is 0.725. The number of nitrogens with two attached hydrogens (primary N) is 1. The average molecular weight is 268 g/mol. The first-order chi connectivity index (χ1) is 9.69. The molecule has 0 fully saturated rings.